The number of carbonyl (C=O) groups is 1. The Balaban J connectivity index is 1.83. The highest BCUT2D eigenvalue weighted by atomic mass is 16.6. The van der Waals surface area contributed by atoms with Crippen LogP contribution in [0.15, 0.2) is 47.1 Å². The largest absolute Gasteiger partial charge is 0.496 e. The summed E-state index contributed by atoms with van der Waals surface area (Å²) in [5.41, 5.74) is 3.71. The smallest absolute Gasteiger partial charge is 0.410 e. The predicted molar refractivity (Wildman–Crippen MR) is 127 cm³/mol. The molecule has 3 rings (SSSR count). The molecular weight excluding hydrogens is 406 g/mol. The number of fused-ring (bicyclic) bond motifs is 1. The van der Waals surface area contributed by atoms with Gasteiger partial charge in [0.05, 0.1) is 19.0 Å². The average molecular weight is 436 g/mol. The highest BCUT2D eigenvalue weighted by molar-refractivity contribution is 5.81. The Bertz CT molecular complexity index is 1060. The van der Waals surface area contributed by atoms with Gasteiger partial charge in [-0.1, -0.05) is 12.6 Å². The first-order valence-electron chi connectivity index (χ1n) is 10.3. The lowest BCUT2D eigenvalue weighted by Crippen LogP contribution is -2.39. The second kappa shape index (κ2) is 9.64. The molecule has 0 aliphatic carbocycles. The molecule has 1 aromatic carbocycles. The quantitative estimate of drug-likeness (QED) is 0.533. The number of nitrogens with one attached hydrogen (secondary N) is 1. The van der Waals surface area contributed by atoms with Gasteiger partial charge in [0.15, 0.2) is 0 Å². The Hall–Kier alpha value is -3.68. The molecule has 0 unspecified atom stereocenters. The van der Waals surface area contributed by atoms with E-state index in [1.807, 2.05) is 51.1 Å². The molecule has 1 aromatic heterocycles. The van der Waals surface area contributed by atoms with E-state index in [4.69, 9.17) is 9.47 Å². The molecule has 1 N–H and O–H groups in total. The van der Waals surface area contributed by atoms with E-state index >= 15 is 0 Å². The SMILES string of the molecule is C=NN=Cc1cccc(NC(=C)c2cc3c(cc2OC)CCN(C(=O)OC(C)(C)C)C3)n1. The van der Waals surface area contributed by atoms with Crippen LogP contribution >= 0.6 is 0 Å². The third kappa shape index (κ3) is 5.72. The number of amides is 1. The Morgan fingerprint density at radius 3 is 2.75 bits per heavy atom. The third-order valence-corrected chi connectivity index (χ3v) is 4.83. The van der Waals surface area contributed by atoms with Gasteiger partial charge in [-0.3, -0.25) is 0 Å². The molecule has 2 aromatic rings. The lowest BCUT2D eigenvalue weighted by Gasteiger charge is -2.32. The van der Waals surface area contributed by atoms with E-state index in [-0.39, 0.29) is 6.09 Å². The number of benzene rings is 1. The standard InChI is InChI=1S/C24H29N5O3/c1-16(27-22-9-7-8-19(28-22)14-26-25-5)20-12-18-15-29(23(30)32-24(2,3)4)11-10-17(18)13-21(20)31-6/h7-9,12-14H,1,5,10-11,15H2,2-4,6H3,(H,27,28). The highest BCUT2D eigenvalue weighted by Crippen LogP contribution is 2.32. The topological polar surface area (TPSA) is 88.4 Å². The molecule has 32 heavy (non-hydrogen) atoms. The fraction of sp³-hybridized carbons (Fsp3) is 0.333. The van der Waals surface area contributed by atoms with Crippen molar-refractivity contribution in [2.24, 2.45) is 10.2 Å². The van der Waals surface area contributed by atoms with E-state index in [0.29, 0.717) is 36.0 Å². The molecule has 1 aliphatic rings. The van der Waals surface area contributed by atoms with Crippen LogP contribution in [0.5, 0.6) is 5.75 Å². The molecule has 0 saturated heterocycles. The third-order valence-electron chi connectivity index (χ3n) is 4.83. The van der Waals surface area contributed by atoms with Gasteiger partial charge in [-0.05, 0) is 62.6 Å². The van der Waals surface area contributed by atoms with Gasteiger partial charge < -0.3 is 19.7 Å². The fourth-order valence-corrected chi connectivity index (χ4v) is 3.39. The highest BCUT2D eigenvalue weighted by Gasteiger charge is 2.27. The van der Waals surface area contributed by atoms with Crippen molar-refractivity contribution in [3.8, 4) is 5.75 Å². The normalized spacial score (nSPS) is 13.4. The Labute approximate surface area is 188 Å². The summed E-state index contributed by atoms with van der Waals surface area (Å²) in [4.78, 5) is 18.7. The van der Waals surface area contributed by atoms with Crippen LogP contribution in [0.25, 0.3) is 5.70 Å². The first-order chi connectivity index (χ1) is 15.2. The molecule has 1 aliphatic heterocycles. The molecule has 2 heterocycles. The maximum Gasteiger partial charge on any atom is 0.410 e. The van der Waals surface area contributed by atoms with Crippen molar-refractivity contribution < 1.29 is 14.3 Å². The number of hydrogen-bond donors (Lipinski definition) is 1. The minimum Gasteiger partial charge on any atom is -0.496 e. The lowest BCUT2D eigenvalue weighted by atomic mass is 9.95. The molecule has 0 radical (unpaired) electrons. The fourth-order valence-electron chi connectivity index (χ4n) is 3.39. The van der Waals surface area contributed by atoms with Crippen LogP contribution in [-0.2, 0) is 17.7 Å². The van der Waals surface area contributed by atoms with Gasteiger partial charge in [-0.25, -0.2) is 9.78 Å². The van der Waals surface area contributed by atoms with Crippen molar-refractivity contribution in [2.75, 3.05) is 19.0 Å². The second-order valence-electron chi connectivity index (χ2n) is 8.41. The minimum atomic E-state index is -0.533. The van der Waals surface area contributed by atoms with Gasteiger partial charge in [-0.2, -0.15) is 10.2 Å². The zero-order valence-corrected chi connectivity index (χ0v) is 19.0. The number of carbonyl (C=O) groups excluding carboxylic acids is 1. The average Bonchev–Trinajstić information content (AvgIpc) is 2.75. The summed E-state index contributed by atoms with van der Waals surface area (Å²) in [6, 6.07) is 9.52. The van der Waals surface area contributed by atoms with E-state index in [2.05, 4.69) is 33.8 Å². The summed E-state index contributed by atoms with van der Waals surface area (Å²) in [6.45, 7) is 14.2. The van der Waals surface area contributed by atoms with E-state index in [0.717, 1.165) is 23.1 Å². The zero-order valence-electron chi connectivity index (χ0n) is 19.0. The summed E-state index contributed by atoms with van der Waals surface area (Å²) >= 11 is 0. The van der Waals surface area contributed by atoms with Gasteiger partial charge in [0.25, 0.3) is 0 Å². The number of aromatic nitrogens is 1. The number of ether oxygens (including phenoxy) is 2. The molecule has 0 atom stereocenters. The van der Waals surface area contributed by atoms with Gasteiger partial charge in [0, 0.05) is 31.1 Å². The van der Waals surface area contributed by atoms with Crippen molar-refractivity contribution in [1.82, 2.24) is 9.88 Å². The molecule has 8 nitrogen and oxygen atoms in total. The summed E-state index contributed by atoms with van der Waals surface area (Å²) in [6.07, 6.45) is 1.94. The van der Waals surface area contributed by atoms with Crippen molar-refractivity contribution in [3.05, 3.63) is 59.3 Å². The van der Waals surface area contributed by atoms with E-state index < -0.39 is 5.60 Å². The van der Waals surface area contributed by atoms with Crippen LogP contribution in [0.4, 0.5) is 10.6 Å². The molecule has 8 heteroatoms. The number of rotatable bonds is 6. The Kier molecular flexibility index (Phi) is 6.92. The molecule has 0 saturated carbocycles. The maximum atomic E-state index is 12.5. The predicted octanol–water partition coefficient (Wildman–Crippen LogP) is 4.50. The number of methoxy groups -OCH3 is 1. The van der Waals surface area contributed by atoms with Gasteiger partial charge in [0.1, 0.15) is 17.2 Å². The molecule has 0 bridgehead atoms. The van der Waals surface area contributed by atoms with Gasteiger partial charge >= 0.3 is 6.09 Å². The number of hydrogen-bond acceptors (Lipinski definition) is 7. The maximum absolute atomic E-state index is 12.5. The van der Waals surface area contributed by atoms with Gasteiger partial charge in [0.2, 0.25) is 0 Å². The summed E-state index contributed by atoms with van der Waals surface area (Å²) in [5.74, 6) is 1.32. The molecular formula is C24H29N5O3. The van der Waals surface area contributed by atoms with Crippen LogP contribution < -0.4 is 10.1 Å². The first kappa shape index (κ1) is 23.0. The van der Waals surface area contributed by atoms with E-state index in [1.165, 1.54) is 6.21 Å². The van der Waals surface area contributed by atoms with Crippen LogP contribution in [0.1, 0.15) is 43.2 Å². The summed E-state index contributed by atoms with van der Waals surface area (Å²) < 4.78 is 11.2. The number of anilines is 1. The molecule has 0 fully saturated rings. The van der Waals surface area contributed by atoms with Crippen LogP contribution in [0, 0.1) is 0 Å². The minimum absolute atomic E-state index is 0.311. The molecule has 168 valence electrons. The zero-order chi connectivity index (χ0) is 23.3. The van der Waals surface area contributed by atoms with Crippen molar-refractivity contribution in [3.63, 3.8) is 0 Å². The first-order valence-corrected chi connectivity index (χ1v) is 10.3. The molecule has 1 amide bonds. The lowest BCUT2D eigenvalue weighted by molar-refractivity contribution is 0.0224. The van der Waals surface area contributed by atoms with Crippen LogP contribution in [0.2, 0.25) is 0 Å². The number of pyridine rings is 1. The van der Waals surface area contributed by atoms with Crippen LogP contribution in [-0.4, -0.2) is 48.2 Å². The van der Waals surface area contributed by atoms with E-state index in [1.54, 1.807) is 12.0 Å². The second-order valence-corrected chi connectivity index (χ2v) is 8.41. The Morgan fingerprint density at radius 1 is 1.28 bits per heavy atom. The summed E-state index contributed by atoms with van der Waals surface area (Å²) in [5, 5.41) is 10.4. The van der Waals surface area contributed by atoms with Crippen molar-refractivity contribution >= 4 is 30.5 Å². The van der Waals surface area contributed by atoms with Crippen LogP contribution in [0.3, 0.4) is 0 Å². The van der Waals surface area contributed by atoms with E-state index in [9.17, 15) is 4.79 Å². The number of nitrogens with zero attached hydrogens (tertiary/aromatic N) is 4. The monoisotopic (exact) mass is 435 g/mol. The summed E-state index contributed by atoms with van der Waals surface area (Å²) in [7, 11) is 1.63. The molecule has 0 spiro atoms. The van der Waals surface area contributed by atoms with Crippen molar-refractivity contribution in [1.29, 1.82) is 0 Å². The van der Waals surface area contributed by atoms with Crippen molar-refractivity contribution in [2.45, 2.75) is 39.3 Å². The van der Waals surface area contributed by atoms with Gasteiger partial charge in [-0.15, -0.1) is 0 Å². The Morgan fingerprint density at radius 2 is 2.06 bits per heavy atom.